The number of halogens is 1. The molecule has 104 valence electrons. The van der Waals surface area contributed by atoms with Gasteiger partial charge in [0.25, 0.3) is 0 Å². The molecule has 0 fully saturated rings. The standard InChI is InChI=1S/C16H15BrO2S/c1-19-11-6-7-12(13(17)9-11)16(18)15-8-10-4-2-3-5-14(10)20-15/h6-9H,2-5H2,1H3. The summed E-state index contributed by atoms with van der Waals surface area (Å²) in [6.45, 7) is 0. The fraction of sp³-hybridized carbons (Fsp3) is 0.312. The number of methoxy groups -OCH3 is 1. The van der Waals surface area contributed by atoms with Crippen LogP contribution in [0.2, 0.25) is 0 Å². The molecule has 20 heavy (non-hydrogen) atoms. The first kappa shape index (κ1) is 13.8. The first-order chi connectivity index (χ1) is 9.69. The molecule has 0 unspecified atom stereocenters. The van der Waals surface area contributed by atoms with Crippen LogP contribution in [0.4, 0.5) is 0 Å². The molecular formula is C16H15BrO2S. The van der Waals surface area contributed by atoms with Crippen molar-refractivity contribution in [1.29, 1.82) is 0 Å². The maximum Gasteiger partial charge on any atom is 0.204 e. The predicted octanol–water partition coefficient (Wildman–Crippen LogP) is 4.63. The Bertz CT molecular complexity index is 637. The van der Waals surface area contributed by atoms with Gasteiger partial charge in [0, 0.05) is 14.9 Å². The number of aryl methyl sites for hydroxylation is 2. The number of hydrogen-bond donors (Lipinski definition) is 0. The summed E-state index contributed by atoms with van der Waals surface area (Å²) < 4.78 is 5.95. The maximum atomic E-state index is 12.6. The molecule has 0 saturated carbocycles. The summed E-state index contributed by atoms with van der Waals surface area (Å²) in [5.74, 6) is 0.845. The fourth-order valence-corrected chi connectivity index (χ4v) is 4.29. The van der Waals surface area contributed by atoms with E-state index < -0.39 is 0 Å². The van der Waals surface area contributed by atoms with E-state index in [1.165, 1.54) is 23.3 Å². The van der Waals surface area contributed by atoms with E-state index in [0.29, 0.717) is 5.56 Å². The highest BCUT2D eigenvalue weighted by atomic mass is 79.9. The average molecular weight is 351 g/mol. The summed E-state index contributed by atoms with van der Waals surface area (Å²) >= 11 is 5.12. The first-order valence-corrected chi connectivity index (χ1v) is 8.30. The van der Waals surface area contributed by atoms with Gasteiger partial charge in [-0.1, -0.05) is 0 Å². The molecule has 0 aliphatic heterocycles. The summed E-state index contributed by atoms with van der Waals surface area (Å²) in [5, 5.41) is 0. The van der Waals surface area contributed by atoms with Crippen molar-refractivity contribution >= 4 is 33.0 Å². The van der Waals surface area contributed by atoms with Gasteiger partial charge in [0.15, 0.2) is 0 Å². The van der Waals surface area contributed by atoms with E-state index >= 15 is 0 Å². The third-order valence-electron chi connectivity index (χ3n) is 3.64. The molecule has 4 heteroatoms. The van der Waals surface area contributed by atoms with Crippen molar-refractivity contribution in [2.45, 2.75) is 25.7 Å². The molecule has 0 amide bonds. The van der Waals surface area contributed by atoms with Gasteiger partial charge in [-0.15, -0.1) is 11.3 Å². The SMILES string of the molecule is COc1ccc(C(=O)c2cc3c(s2)CCCC3)c(Br)c1. The molecule has 2 aromatic rings. The number of hydrogen-bond acceptors (Lipinski definition) is 3. The van der Waals surface area contributed by atoms with Crippen molar-refractivity contribution in [2.24, 2.45) is 0 Å². The predicted molar refractivity (Wildman–Crippen MR) is 85.1 cm³/mol. The van der Waals surface area contributed by atoms with Crippen LogP contribution in [-0.4, -0.2) is 12.9 Å². The van der Waals surface area contributed by atoms with Gasteiger partial charge in [0.1, 0.15) is 5.75 Å². The van der Waals surface area contributed by atoms with Crippen LogP contribution in [0.1, 0.15) is 38.5 Å². The molecule has 2 nitrogen and oxygen atoms in total. The van der Waals surface area contributed by atoms with E-state index in [-0.39, 0.29) is 5.78 Å². The van der Waals surface area contributed by atoms with Gasteiger partial charge in [-0.05, 0) is 71.4 Å². The maximum absolute atomic E-state index is 12.6. The molecule has 0 spiro atoms. The molecule has 1 aromatic heterocycles. The minimum absolute atomic E-state index is 0.0962. The smallest absolute Gasteiger partial charge is 0.204 e. The summed E-state index contributed by atoms with van der Waals surface area (Å²) in [6.07, 6.45) is 4.72. The number of fused-ring (bicyclic) bond motifs is 1. The molecule has 1 aliphatic rings. The first-order valence-electron chi connectivity index (χ1n) is 6.69. The Balaban J connectivity index is 1.94. The summed E-state index contributed by atoms with van der Waals surface area (Å²) in [4.78, 5) is 14.9. The normalized spacial score (nSPS) is 13.9. The number of carbonyl (C=O) groups excluding carboxylic acids is 1. The molecule has 1 heterocycles. The zero-order valence-electron chi connectivity index (χ0n) is 11.2. The zero-order valence-corrected chi connectivity index (χ0v) is 13.6. The highest BCUT2D eigenvalue weighted by molar-refractivity contribution is 9.10. The van der Waals surface area contributed by atoms with E-state index in [2.05, 4.69) is 22.0 Å². The largest absolute Gasteiger partial charge is 0.497 e. The number of benzene rings is 1. The molecule has 0 radical (unpaired) electrons. The van der Waals surface area contributed by atoms with Crippen LogP contribution >= 0.6 is 27.3 Å². The molecule has 0 saturated heterocycles. The Labute approximate surface area is 130 Å². The minimum Gasteiger partial charge on any atom is -0.497 e. The second-order valence-electron chi connectivity index (χ2n) is 4.94. The van der Waals surface area contributed by atoms with E-state index in [0.717, 1.165) is 27.9 Å². The lowest BCUT2D eigenvalue weighted by Gasteiger charge is -2.08. The number of carbonyl (C=O) groups is 1. The Hall–Kier alpha value is -1.13. The van der Waals surface area contributed by atoms with Crippen molar-refractivity contribution in [3.63, 3.8) is 0 Å². The van der Waals surface area contributed by atoms with E-state index in [1.54, 1.807) is 18.4 Å². The summed E-state index contributed by atoms with van der Waals surface area (Å²) in [5.41, 5.74) is 2.07. The lowest BCUT2D eigenvalue weighted by atomic mass is 9.98. The zero-order chi connectivity index (χ0) is 14.1. The lowest BCUT2D eigenvalue weighted by molar-refractivity contribution is 0.104. The third-order valence-corrected chi connectivity index (χ3v) is 5.53. The van der Waals surface area contributed by atoms with E-state index in [4.69, 9.17) is 4.74 Å². The van der Waals surface area contributed by atoms with Crippen molar-refractivity contribution in [3.8, 4) is 5.75 Å². The van der Waals surface area contributed by atoms with E-state index in [1.807, 2.05) is 18.2 Å². The molecule has 3 rings (SSSR count). The number of ether oxygens (including phenoxy) is 1. The highest BCUT2D eigenvalue weighted by Crippen LogP contribution is 2.32. The molecular weight excluding hydrogens is 336 g/mol. The van der Waals surface area contributed by atoms with Crippen LogP contribution in [0.3, 0.4) is 0 Å². The van der Waals surface area contributed by atoms with Crippen LogP contribution in [-0.2, 0) is 12.8 Å². The topological polar surface area (TPSA) is 26.3 Å². The lowest BCUT2D eigenvalue weighted by Crippen LogP contribution is -2.00. The molecule has 0 N–H and O–H groups in total. The van der Waals surface area contributed by atoms with Gasteiger partial charge in [0.2, 0.25) is 5.78 Å². The van der Waals surface area contributed by atoms with Crippen molar-refractivity contribution in [1.82, 2.24) is 0 Å². The van der Waals surface area contributed by atoms with Crippen molar-refractivity contribution in [3.05, 3.63) is 49.6 Å². The average Bonchev–Trinajstić information content (AvgIpc) is 2.90. The second kappa shape index (κ2) is 5.70. The monoisotopic (exact) mass is 350 g/mol. The number of rotatable bonds is 3. The van der Waals surface area contributed by atoms with Crippen LogP contribution in [0.15, 0.2) is 28.7 Å². The van der Waals surface area contributed by atoms with Crippen LogP contribution in [0.25, 0.3) is 0 Å². The second-order valence-corrected chi connectivity index (χ2v) is 6.93. The van der Waals surface area contributed by atoms with E-state index in [9.17, 15) is 4.79 Å². The number of thiophene rings is 1. The Morgan fingerprint density at radius 2 is 2.05 bits per heavy atom. The summed E-state index contributed by atoms with van der Waals surface area (Å²) in [7, 11) is 1.62. The summed E-state index contributed by atoms with van der Waals surface area (Å²) in [6, 6.07) is 7.56. The van der Waals surface area contributed by atoms with Gasteiger partial charge in [0.05, 0.1) is 12.0 Å². The fourth-order valence-electron chi connectivity index (χ4n) is 2.54. The Morgan fingerprint density at radius 1 is 1.25 bits per heavy atom. The number of ketones is 1. The molecule has 1 aliphatic carbocycles. The van der Waals surface area contributed by atoms with Crippen molar-refractivity contribution < 1.29 is 9.53 Å². The van der Waals surface area contributed by atoms with Gasteiger partial charge in [-0.2, -0.15) is 0 Å². The quantitative estimate of drug-likeness (QED) is 0.754. The van der Waals surface area contributed by atoms with Crippen LogP contribution < -0.4 is 4.74 Å². The van der Waals surface area contributed by atoms with Gasteiger partial charge in [-0.3, -0.25) is 4.79 Å². The van der Waals surface area contributed by atoms with Crippen LogP contribution in [0, 0.1) is 0 Å². The minimum atomic E-state index is 0.0962. The van der Waals surface area contributed by atoms with Gasteiger partial charge >= 0.3 is 0 Å². The molecule has 0 bridgehead atoms. The Morgan fingerprint density at radius 3 is 2.75 bits per heavy atom. The Kier molecular flexibility index (Phi) is 3.94. The molecule has 1 aromatic carbocycles. The van der Waals surface area contributed by atoms with Gasteiger partial charge < -0.3 is 4.74 Å². The molecule has 0 atom stereocenters. The van der Waals surface area contributed by atoms with Crippen LogP contribution in [0.5, 0.6) is 5.75 Å². The van der Waals surface area contributed by atoms with Crippen molar-refractivity contribution in [2.75, 3.05) is 7.11 Å². The van der Waals surface area contributed by atoms with Gasteiger partial charge in [-0.25, -0.2) is 0 Å². The highest BCUT2D eigenvalue weighted by Gasteiger charge is 2.20. The third kappa shape index (κ3) is 2.54.